The van der Waals surface area contributed by atoms with Gasteiger partial charge in [-0.3, -0.25) is 4.79 Å². The van der Waals surface area contributed by atoms with Crippen molar-refractivity contribution in [3.8, 4) is 17.6 Å². The number of aliphatic carboxylic acids is 1. The van der Waals surface area contributed by atoms with Crippen LogP contribution in [0.2, 0.25) is 5.02 Å². The molecule has 1 aromatic rings. The number of hydrogen-bond donors (Lipinski definition) is 2. The quantitative estimate of drug-likeness (QED) is 0.696. The van der Waals surface area contributed by atoms with Crippen molar-refractivity contribution in [2.45, 2.75) is 6.42 Å². The lowest BCUT2D eigenvalue weighted by Gasteiger charge is -1.95. The summed E-state index contributed by atoms with van der Waals surface area (Å²) in [6.07, 6.45) is -0.219. The van der Waals surface area contributed by atoms with Gasteiger partial charge in [-0.2, -0.15) is 0 Å². The molecule has 0 atom stereocenters. The standard InChI is InChI=1S/C10H7ClO3/c11-8-5-4-7(6-9(8)12)2-1-3-10(13)14/h4-6,12H,3H2,(H,13,14). The molecule has 0 unspecified atom stereocenters. The minimum Gasteiger partial charge on any atom is -0.506 e. The van der Waals surface area contributed by atoms with Gasteiger partial charge in [0.1, 0.15) is 12.2 Å². The van der Waals surface area contributed by atoms with Crippen molar-refractivity contribution in [3.63, 3.8) is 0 Å². The molecule has 0 saturated heterocycles. The molecule has 2 N–H and O–H groups in total. The predicted octanol–water partition coefficient (Wildman–Crippen LogP) is 1.87. The van der Waals surface area contributed by atoms with E-state index in [9.17, 15) is 9.90 Å². The molecule has 0 radical (unpaired) electrons. The van der Waals surface area contributed by atoms with Crippen LogP contribution in [0.3, 0.4) is 0 Å². The average Bonchev–Trinajstić information content (AvgIpc) is 2.10. The van der Waals surface area contributed by atoms with Crippen LogP contribution in [0.1, 0.15) is 12.0 Å². The van der Waals surface area contributed by atoms with Crippen LogP contribution in [-0.4, -0.2) is 16.2 Å². The first-order valence-corrected chi connectivity index (χ1v) is 4.16. The van der Waals surface area contributed by atoms with Crippen molar-refractivity contribution in [3.05, 3.63) is 28.8 Å². The van der Waals surface area contributed by atoms with Crippen LogP contribution >= 0.6 is 11.6 Å². The highest BCUT2D eigenvalue weighted by molar-refractivity contribution is 6.32. The second-order valence-corrected chi connectivity index (χ2v) is 2.95. The highest BCUT2D eigenvalue weighted by Gasteiger charge is 1.97. The molecule has 0 fully saturated rings. The Kier molecular flexibility index (Phi) is 3.38. The summed E-state index contributed by atoms with van der Waals surface area (Å²) in [7, 11) is 0. The van der Waals surface area contributed by atoms with Gasteiger partial charge in [0.2, 0.25) is 0 Å². The van der Waals surface area contributed by atoms with Gasteiger partial charge >= 0.3 is 5.97 Å². The minimum atomic E-state index is -0.976. The van der Waals surface area contributed by atoms with Crippen LogP contribution in [0.4, 0.5) is 0 Å². The zero-order chi connectivity index (χ0) is 10.6. The van der Waals surface area contributed by atoms with E-state index in [1.54, 1.807) is 6.07 Å². The third-order valence-electron chi connectivity index (χ3n) is 1.42. The monoisotopic (exact) mass is 210 g/mol. The van der Waals surface area contributed by atoms with Crippen molar-refractivity contribution >= 4 is 17.6 Å². The number of phenols is 1. The van der Waals surface area contributed by atoms with Gasteiger partial charge in [0, 0.05) is 5.56 Å². The average molecular weight is 211 g/mol. The van der Waals surface area contributed by atoms with E-state index in [-0.39, 0.29) is 17.2 Å². The summed E-state index contributed by atoms with van der Waals surface area (Å²) >= 11 is 5.57. The number of rotatable bonds is 1. The van der Waals surface area contributed by atoms with Crippen molar-refractivity contribution in [2.24, 2.45) is 0 Å². The fourth-order valence-corrected chi connectivity index (χ4v) is 0.930. The molecule has 1 rings (SSSR count). The topological polar surface area (TPSA) is 57.5 Å². The first kappa shape index (κ1) is 10.4. The smallest absolute Gasteiger partial charge is 0.315 e. The van der Waals surface area contributed by atoms with Crippen molar-refractivity contribution in [1.82, 2.24) is 0 Å². The molecule has 14 heavy (non-hydrogen) atoms. The van der Waals surface area contributed by atoms with Crippen LogP contribution in [0.5, 0.6) is 5.75 Å². The lowest BCUT2D eigenvalue weighted by atomic mass is 10.2. The normalized spacial score (nSPS) is 8.93. The Morgan fingerprint density at radius 3 is 2.79 bits per heavy atom. The SMILES string of the molecule is O=C(O)CC#Cc1ccc(Cl)c(O)c1. The number of benzene rings is 1. The Bertz CT molecular complexity index is 415. The molecule has 1 aromatic carbocycles. The molecular formula is C10H7ClO3. The molecule has 0 aliphatic rings. The molecule has 72 valence electrons. The Labute approximate surface area is 85.9 Å². The largest absolute Gasteiger partial charge is 0.506 e. The number of carboxylic acid groups (broad SMARTS) is 1. The van der Waals surface area contributed by atoms with E-state index in [4.69, 9.17) is 16.7 Å². The molecule has 0 aromatic heterocycles. The molecule has 0 amide bonds. The minimum absolute atomic E-state index is 0.0613. The number of phenolic OH excluding ortho intramolecular Hbond substituents is 1. The van der Waals surface area contributed by atoms with E-state index in [1.807, 2.05) is 0 Å². The molecule has 0 bridgehead atoms. The Morgan fingerprint density at radius 1 is 1.50 bits per heavy atom. The molecule has 3 nitrogen and oxygen atoms in total. The number of carboxylic acids is 1. The van der Waals surface area contributed by atoms with Crippen LogP contribution in [0.15, 0.2) is 18.2 Å². The molecule has 0 heterocycles. The summed E-state index contributed by atoms with van der Waals surface area (Å²) in [5.74, 6) is 4.00. The summed E-state index contributed by atoms with van der Waals surface area (Å²) in [5.41, 5.74) is 0.535. The predicted molar refractivity (Wildman–Crippen MR) is 52.2 cm³/mol. The van der Waals surface area contributed by atoms with E-state index < -0.39 is 5.97 Å². The Morgan fingerprint density at radius 2 is 2.21 bits per heavy atom. The molecule has 0 aliphatic carbocycles. The second-order valence-electron chi connectivity index (χ2n) is 2.54. The van der Waals surface area contributed by atoms with Crippen molar-refractivity contribution in [2.75, 3.05) is 0 Å². The molecule has 0 saturated carbocycles. The Balaban J connectivity index is 2.81. The van der Waals surface area contributed by atoms with Gasteiger partial charge in [0.25, 0.3) is 0 Å². The highest BCUT2D eigenvalue weighted by atomic mass is 35.5. The van der Waals surface area contributed by atoms with E-state index in [2.05, 4.69) is 11.8 Å². The number of hydrogen-bond acceptors (Lipinski definition) is 2. The van der Waals surface area contributed by atoms with Gasteiger partial charge in [0.05, 0.1) is 5.02 Å². The summed E-state index contributed by atoms with van der Waals surface area (Å²) in [4.78, 5) is 10.1. The van der Waals surface area contributed by atoms with E-state index in [0.29, 0.717) is 5.56 Å². The second kappa shape index (κ2) is 4.54. The van der Waals surface area contributed by atoms with Crippen molar-refractivity contribution in [1.29, 1.82) is 0 Å². The number of halogens is 1. The summed E-state index contributed by atoms with van der Waals surface area (Å²) in [6, 6.07) is 4.50. The zero-order valence-electron chi connectivity index (χ0n) is 7.12. The van der Waals surface area contributed by atoms with Gasteiger partial charge in [-0.15, -0.1) is 0 Å². The van der Waals surface area contributed by atoms with Crippen LogP contribution < -0.4 is 0 Å². The highest BCUT2D eigenvalue weighted by Crippen LogP contribution is 2.23. The van der Waals surface area contributed by atoms with E-state index in [0.717, 1.165) is 0 Å². The van der Waals surface area contributed by atoms with Gasteiger partial charge < -0.3 is 10.2 Å². The third kappa shape index (κ3) is 3.00. The first-order chi connectivity index (χ1) is 6.59. The van der Waals surface area contributed by atoms with Gasteiger partial charge in [0.15, 0.2) is 0 Å². The van der Waals surface area contributed by atoms with E-state index >= 15 is 0 Å². The lowest BCUT2D eigenvalue weighted by Crippen LogP contribution is -1.90. The number of carbonyl (C=O) groups is 1. The van der Waals surface area contributed by atoms with Crippen LogP contribution in [0.25, 0.3) is 0 Å². The van der Waals surface area contributed by atoms with Gasteiger partial charge in [-0.25, -0.2) is 0 Å². The number of aromatic hydroxyl groups is 1. The van der Waals surface area contributed by atoms with Crippen molar-refractivity contribution < 1.29 is 15.0 Å². The maximum Gasteiger partial charge on any atom is 0.315 e. The molecule has 0 aliphatic heterocycles. The fraction of sp³-hybridized carbons (Fsp3) is 0.100. The molecule has 0 spiro atoms. The van der Waals surface area contributed by atoms with Crippen LogP contribution in [0, 0.1) is 11.8 Å². The summed E-state index contributed by atoms with van der Waals surface area (Å²) in [6.45, 7) is 0. The molecular weight excluding hydrogens is 204 g/mol. The van der Waals surface area contributed by atoms with E-state index in [1.165, 1.54) is 12.1 Å². The van der Waals surface area contributed by atoms with Crippen LogP contribution in [-0.2, 0) is 4.79 Å². The van der Waals surface area contributed by atoms with Gasteiger partial charge in [-0.05, 0) is 18.2 Å². The molecule has 4 heteroatoms. The third-order valence-corrected chi connectivity index (χ3v) is 1.74. The maximum absolute atomic E-state index is 10.1. The summed E-state index contributed by atoms with van der Waals surface area (Å²) < 4.78 is 0. The fourth-order valence-electron chi connectivity index (χ4n) is 0.812. The first-order valence-electron chi connectivity index (χ1n) is 3.79. The Hall–Kier alpha value is -1.66. The van der Waals surface area contributed by atoms with Gasteiger partial charge in [-0.1, -0.05) is 23.4 Å². The zero-order valence-corrected chi connectivity index (χ0v) is 7.88. The lowest BCUT2D eigenvalue weighted by molar-refractivity contribution is -0.135. The maximum atomic E-state index is 10.1. The summed E-state index contributed by atoms with van der Waals surface area (Å²) in [5, 5.41) is 17.8.